The summed E-state index contributed by atoms with van der Waals surface area (Å²) < 4.78 is 2.99. The average Bonchev–Trinajstić information content (AvgIpc) is 3.38. The van der Waals surface area contributed by atoms with Gasteiger partial charge in [-0.15, -0.1) is 6.42 Å². The lowest BCUT2D eigenvalue weighted by Gasteiger charge is -1.96. The van der Waals surface area contributed by atoms with Crippen LogP contribution in [-0.2, 0) is 19.2 Å². The van der Waals surface area contributed by atoms with Gasteiger partial charge in [0.25, 0.3) is 0 Å². The van der Waals surface area contributed by atoms with Crippen molar-refractivity contribution >= 4 is 122 Å². The van der Waals surface area contributed by atoms with Crippen molar-refractivity contribution in [1.82, 2.24) is 29.9 Å². The minimum Gasteiger partial charge on any atom is -0.287 e. The standard InChI is InChI=1S/C15H11NOS.C14H10N2OS.C10H8OS.C8H7IOS.C5H4BrN.C4H3BrN2/c1-12(17)18-15-9-6-13(7-10-15)5-8-14-4-2-3-11-16-14;1-11(17)18-14-6-4-12(5-7-14)2-3-13-8-15-10-16-9-13;1-3-9-4-6-10(7-5-9)12-8(2)11;1-6(10)11-8-4-2-7(9)3-5-8;6-5-3-1-2-4-7-5;5-4-1-6-3-7-2-4/h2-4,6-7,9-11H,1H3;4-10H,1H3;1,4-7H,2H3;2-5H,1H3;1-4H;1-3H. The van der Waals surface area contributed by atoms with Gasteiger partial charge in [-0.3, -0.25) is 19.2 Å². The molecule has 0 saturated heterocycles. The molecule has 0 amide bonds. The highest BCUT2D eigenvalue weighted by Gasteiger charge is 2.00. The molecule has 0 aliphatic carbocycles. The third kappa shape index (κ3) is 30.4. The molecule has 0 N–H and O–H groups in total. The van der Waals surface area contributed by atoms with Crippen LogP contribution in [0.25, 0.3) is 0 Å². The second-order valence-corrected chi connectivity index (χ2v) is 21.6. The van der Waals surface area contributed by atoms with Crippen molar-refractivity contribution in [2.24, 2.45) is 0 Å². The zero-order valence-electron chi connectivity index (χ0n) is 39.5. The Morgan fingerprint density at radius 2 is 0.822 bits per heavy atom. The number of hydrogen-bond donors (Lipinski definition) is 0. The number of thioether (sulfide) groups is 4. The normalized spacial score (nSPS) is 9.23. The number of pyridine rings is 2. The van der Waals surface area contributed by atoms with Crippen LogP contribution in [0.2, 0.25) is 0 Å². The van der Waals surface area contributed by atoms with Crippen molar-refractivity contribution in [3.8, 4) is 36.0 Å². The van der Waals surface area contributed by atoms with E-state index >= 15 is 0 Å². The Labute approximate surface area is 473 Å². The van der Waals surface area contributed by atoms with E-state index in [9.17, 15) is 19.2 Å². The number of halogens is 3. The van der Waals surface area contributed by atoms with Crippen LogP contribution in [0.4, 0.5) is 0 Å². The van der Waals surface area contributed by atoms with E-state index in [-0.39, 0.29) is 20.5 Å². The summed E-state index contributed by atoms with van der Waals surface area (Å²) in [6.45, 7) is 6.22. The maximum atomic E-state index is 10.9. The highest BCUT2D eigenvalue weighted by molar-refractivity contribution is 14.1. The molecule has 0 bridgehead atoms. The van der Waals surface area contributed by atoms with E-state index in [1.165, 1.54) is 63.3 Å². The van der Waals surface area contributed by atoms with Crippen molar-refractivity contribution in [3.63, 3.8) is 0 Å². The Hall–Kier alpha value is -6.21. The Bertz CT molecular complexity index is 2950. The van der Waals surface area contributed by atoms with Gasteiger partial charge in [-0.05, 0) is 182 Å². The summed E-state index contributed by atoms with van der Waals surface area (Å²) in [4.78, 5) is 70.3. The van der Waals surface area contributed by atoms with Gasteiger partial charge in [-0.1, -0.05) is 82.9 Å². The minimum atomic E-state index is 0.0790. The summed E-state index contributed by atoms with van der Waals surface area (Å²) in [5.74, 6) is 14.5. The van der Waals surface area contributed by atoms with Crippen molar-refractivity contribution < 1.29 is 19.2 Å². The summed E-state index contributed by atoms with van der Waals surface area (Å²) in [5.41, 5.74) is 4.17. The topological polar surface area (TPSA) is 146 Å². The summed E-state index contributed by atoms with van der Waals surface area (Å²) in [6, 6.07) is 41.7. The van der Waals surface area contributed by atoms with Gasteiger partial charge >= 0.3 is 0 Å². The van der Waals surface area contributed by atoms with E-state index in [2.05, 4.69) is 114 Å². The van der Waals surface area contributed by atoms with Gasteiger partial charge in [-0.2, -0.15) is 0 Å². The molecule has 0 aliphatic heterocycles. The summed E-state index contributed by atoms with van der Waals surface area (Å²) in [5, 5.41) is 0.382. The highest BCUT2D eigenvalue weighted by Crippen LogP contribution is 2.21. The van der Waals surface area contributed by atoms with Crippen LogP contribution < -0.4 is 0 Å². The van der Waals surface area contributed by atoms with Gasteiger partial charge in [0.1, 0.15) is 23.0 Å². The lowest BCUT2D eigenvalue weighted by atomic mass is 10.2. The summed E-state index contributed by atoms with van der Waals surface area (Å²) in [7, 11) is 0. The summed E-state index contributed by atoms with van der Waals surface area (Å²) >= 11 is 13.5. The second kappa shape index (κ2) is 36.7. The molecule has 0 radical (unpaired) electrons. The molecule has 8 aromatic rings. The largest absolute Gasteiger partial charge is 0.287 e. The summed E-state index contributed by atoms with van der Waals surface area (Å²) in [6.07, 6.45) is 18.3. The molecular weight excluding hydrogens is 1240 g/mol. The maximum Gasteiger partial charge on any atom is 0.190 e. The number of benzene rings is 4. The Kier molecular flexibility index (Phi) is 30.7. The van der Waals surface area contributed by atoms with Gasteiger partial charge in [0.05, 0.1) is 10.0 Å². The van der Waals surface area contributed by atoms with Crippen LogP contribution >= 0.6 is 101 Å². The predicted octanol–water partition coefficient (Wildman–Crippen LogP) is 14.0. The van der Waals surface area contributed by atoms with Crippen LogP contribution in [0.5, 0.6) is 0 Å². The molecule has 0 fully saturated rings. The van der Waals surface area contributed by atoms with Crippen molar-refractivity contribution in [2.45, 2.75) is 47.3 Å². The van der Waals surface area contributed by atoms with Gasteiger partial charge in [0.2, 0.25) is 0 Å². The fourth-order valence-corrected chi connectivity index (χ4v) is 7.99. The van der Waals surface area contributed by atoms with Gasteiger partial charge in [0, 0.05) is 105 Å². The number of aromatic nitrogens is 6. The number of rotatable bonds is 4. The zero-order chi connectivity index (χ0) is 53.1. The third-order valence-corrected chi connectivity index (χ3v) is 12.4. The van der Waals surface area contributed by atoms with E-state index in [0.29, 0.717) is 0 Å². The minimum absolute atomic E-state index is 0.0790. The van der Waals surface area contributed by atoms with Gasteiger partial charge in [0.15, 0.2) is 20.5 Å². The lowest BCUT2D eigenvalue weighted by molar-refractivity contribution is -0.109. The molecule has 0 saturated carbocycles. The first-order valence-electron chi connectivity index (χ1n) is 21.1. The van der Waals surface area contributed by atoms with E-state index in [0.717, 1.165) is 56.6 Å². The van der Waals surface area contributed by atoms with E-state index in [1.807, 2.05) is 133 Å². The molecule has 8 rings (SSSR count). The molecule has 4 aromatic heterocycles. The Balaban J connectivity index is 0.000000239. The second-order valence-electron chi connectivity index (χ2n) is 13.6. The monoisotopic (exact) mass is 1280 g/mol. The Morgan fingerprint density at radius 1 is 0.452 bits per heavy atom. The molecular formula is C56H43Br2IN6O4S4. The number of nitrogens with zero attached hydrogens (tertiary/aromatic N) is 6. The van der Waals surface area contributed by atoms with Crippen LogP contribution in [0, 0.1) is 39.6 Å². The first kappa shape index (κ1) is 61.1. The molecule has 366 valence electrons. The molecule has 0 atom stereocenters. The van der Waals surface area contributed by atoms with Crippen LogP contribution in [0.1, 0.15) is 55.6 Å². The van der Waals surface area contributed by atoms with Crippen LogP contribution in [0.3, 0.4) is 0 Å². The molecule has 10 nitrogen and oxygen atoms in total. The van der Waals surface area contributed by atoms with Crippen molar-refractivity contribution in [3.05, 3.63) is 224 Å². The third-order valence-electron chi connectivity index (χ3n) is 7.66. The zero-order valence-corrected chi connectivity index (χ0v) is 48.1. The molecule has 4 heterocycles. The SMILES string of the molecule is Brc1ccccn1.Brc1cncnc1.C#Cc1ccc(SC(C)=O)cc1.CC(=O)Sc1ccc(C#Cc2ccccn2)cc1.CC(=O)Sc1ccc(C#Cc2cncnc2)cc1.CC(=O)Sc1ccc(I)cc1. The lowest BCUT2D eigenvalue weighted by Crippen LogP contribution is -1.82. The van der Waals surface area contributed by atoms with E-state index in [1.54, 1.807) is 64.9 Å². The highest BCUT2D eigenvalue weighted by atomic mass is 127. The quantitative estimate of drug-likeness (QED) is 0.0713. The van der Waals surface area contributed by atoms with Crippen LogP contribution in [0.15, 0.2) is 212 Å². The van der Waals surface area contributed by atoms with Crippen molar-refractivity contribution in [1.29, 1.82) is 0 Å². The Morgan fingerprint density at radius 3 is 1.15 bits per heavy atom. The molecule has 4 aromatic carbocycles. The van der Waals surface area contributed by atoms with Crippen molar-refractivity contribution in [2.75, 3.05) is 0 Å². The van der Waals surface area contributed by atoms with E-state index in [4.69, 9.17) is 6.42 Å². The first-order valence-corrected chi connectivity index (χ1v) is 27.0. The smallest absolute Gasteiger partial charge is 0.190 e. The molecule has 0 unspecified atom stereocenters. The van der Waals surface area contributed by atoms with Gasteiger partial charge in [-0.25, -0.2) is 29.9 Å². The van der Waals surface area contributed by atoms with Gasteiger partial charge < -0.3 is 0 Å². The number of hydrogen-bond acceptors (Lipinski definition) is 14. The number of terminal acetylenes is 1. The average molecular weight is 1280 g/mol. The number of carbonyl (C=O) groups excluding carboxylic acids is 4. The van der Waals surface area contributed by atoms with Crippen LogP contribution in [-0.4, -0.2) is 50.4 Å². The van der Waals surface area contributed by atoms with E-state index < -0.39 is 0 Å². The number of carbonyl (C=O) groups is 4. The molecule has 73 heavy (non-hydrogen) atoms. The maximum absolute atomic E-state index is 10.9. The first-order chi connectivity index (χ1) is 35.2. The molecule has 17 heteroatoms. The predicted molar refractivity (Wildman–Crippen MR) is 312 cm³/mol. The molecule has 0 aliphatic rings. The molecule has 0 spiro atoms. The fourth-order valence-electron chi connectivity index (χ4n) is 4.70. The fraction of sp³-hybridized carbons (Fsp3) is 0.0714.